The highest BCUT2D eigenvalue weighted by Gasteiger charge is 2.47. The summed E-state index contributed by atoms with van der Waals surface area (Å²) < 4.78 is 11.6. The fourth-order valence-electron chi connectivity index (χ4n) is 5.05. The topological polar surface area (TPSA) is 38.8 Å². The van der Waals surface area contributed by atoms with Gasteiger partial charge in [0.05, 0.1) is 18.6 Å². The van der Waals surface area contributed by atoms with E-state index in [2.05, 4.69) is 29.2 Å². The number of nitrogens with zero attached hydrogens (tertiary/aromatic N) is 1. The van der Waals surface area contributed by atoms with Gasteiger partial charge in [0.1, 0.15) is 0 Å². The molecule has 4 heteroatoms. The number of fused-ring (bicyclic) bond motifs is 1. The maximum absolute atomic E-state index is 13.9. The maximum atomic E-state index is 13.9. The van der Waals surface area contributed by atoms with E-state index in [1.807, 2.05) is 32.0 Å². The summed E-state index contributed by atoms with van der Waals surface area (Å²) >= 11 is 0. The standard InChI is InChI=1S/C26H33NO3/c1-19(2)30-24-14-21-17-26(16-20-10-6-4-7-11-20,18-27-12-8-5-9-13-27)25(28)22(21)15-23(24)29-3/h4,6-7,10-11,14-15,19H,5,8-9,12-13,16-18H2,1-3H3. The summed E-state index contributed by atoms with van der Waals surface area (Å²) in [4.78, 5) is 16.4. The number of ether oxygens (including phenoxy) is 2. The zero-order valence-electron chi connectivity index (χ0n) is 18.4. The van der Waals surface area contributed by atoms with Crippen LogP contribution in [0, 0.1) is 5.41 Å². The first kappa shape index (κ1) is 20.9. The van der Waals surface area contributed by atoms with Crippen LogP contribution in [0.3, 0.4) is 0 Å². The Labute approximate surface area is 180 Å². The second-order valence-corrected chi connectivity index (χ2v) is 9.11. The molecule has 0 radical (unpaired) electrons. The summed E-state index contributed by atoms with van der Waals surface area (Å²) in [5.74, 6) is 1.62. The Bertz CT molecular complexity index is 887. The molecule has 2 aromatic carbocycles. The summed E-state index contributed by atoms with van der Waals surface area (Å²) in [6.45, 7) is 7.01. The Morgan fingerprint density at radius 1 is 1.03 bits per heavy atom. The molecule has 2 aliphatic rings. The lowest BCUT2D eigenvalue weighted by Gasteiger charge is -2.36. The van der Waals surface area contributed by atoms with Crippen molar-refractivity contribution in [1.29, 1.82) is 0 Å². The molecule has 1 atom stereocenters. The van der Waals surface area contributed by atoms with Crippen molar-refractivity contribution in [2.24, 2.45) is 5.41 Å². The molecule has 1 heterocycles. The highest BCUT2D eigenvalue weighted by Crippen LogP contribution is 2.45. The van der Waals surface area contributed by atoms with Crippen LogP contribution in [-0.4, -0.2) is 43.5 Å². The minimum Gasteiger partial charge on any atom is -0.493 e. The van der Waals surface area contributed by atoms with Crippen molar-refractivity contribution < 1.29 is 14.3 Å². The number of likely N-dealkylation sites (tertiary alicyclic amines) is 1. The van der Waals surface area contributed by atoms with Crippen molar-refractivity contribution in [2.45, 2.75) is 52.1 Å². The van der Waals surface area contributed by atoms with Crippen LogP contribution in [0.4, 0.5) is 0 Å². The SMILES string of the molecule is COc1cc2c(cc1OC(C)C)CC(Cc1ccccc1)(CN1CCCCC1)C2=O. The molecule has 1 aliphatic carbocycles. The lowest BCUT2D eigenvalue weighted by atomic mass is 9.77. The van der Waals surface area contributed by atoms with E-state index in [0.717, 1.165) is 49.4 Å². The van der Waals surface area contributed by atoms with Gasteiger partial charge in [0.2, 0.25) is 0 Å². The predicted octanol–water partition coefficient (Wildman–Crippen LogP) is 4.94. The van der Waals surface area contributed by atoms with Crippen LogP contribution in [0.5, 0.6) is 11.5 Å². The van der Waals surface area contributed by atoms with Crippen molar-refractivity contribution in [3.05, 3.63) is 59.2 Å². The van der Waals surface area contributed by atoms with E-state index in [1.54, 1.807) is 7.11 Å². The monoisotopic (exact) mass is 407 g/mol. The number of carbonyl (C=O) groups is 1. The van der Waals surface area contributed by atoms with Gasteiger partial charge in [0.15, 0.2) is 17.3 Å². The van der Waals surface area contributed by atoms with Crippen molar-refractivity contribution in [1.82, 2.24) is 4.90 Å². The van der Waals surface area contributed by atoms with Gasteiger partial charge in [0.25, 0.3) is 0 Å². The number of ketones is 1. The number of hydrogen-bond donors (Lipinski definition) is 0. The number of rotatable bonds is 7. The van der Waals surface area contributed by atoms with Crippen molar-refractivity contribution >= 4 is 5.78 Å². The van der Waals surface area contributed by atoms with Gasteiger partial charge >= 0.3 is 0 Å². The molecule has 1 fully saturated rings. The van der Waals surface area contributed by atoms with E-state index in [4.69, 9.17) is 9.47 Å². The first-order chi connectivity index (χ1) is 14.5. The van der Waals surface area contributed by atoms with Crippen molar-refractivity contribution in [3.63, 3.8) is 0 Å². The molecule has 160 valence electrons. The third-order valence-corrected chi connectivity index (χ3v) is 6.37. The summed E-state index contributed by atoms with van der Waals surface area (Å²) in [7, 11) is 1.64. The minimum atomic E-state index is -0.428. The number of piperidine rings is 1. The van der Waals surface area contributed by atoms with Crippen LogP contribution in [0.15, 0.2) is 42.5 Å². The van der Waals surface area contributed by atoms with Crippen molar-refractivity contribution in [3.8, 4) is 11.5 Å². The van der Waals surface area contributed by atoms with Gasteiger partial charge in [-0.1, -0.05) is 36.8 Å². The molecule has 1 saturated heterocycles. The summed E-state index contributed by atoms with van der Waals surface area (Å²) in [6, 6.07) is 14.4. The summed E-state index contributed by atoms with van der Waals surface area (Å²) in [5, 5.41) is 0. The normalized spacial score (nSPS) is 21.7. The van der Waals surface area contributed by atoms with Gasteiger partial charge < -0.3 is 14.4 Å². The fraction of sp³-hybridized carbons (Fsp3) is 0.500. The predicted molar refractivity (Wildman–Crippen MR) is 120 cm³/mol. The van der Waals surface area contributed by atoms with E-state index in [1.165, 1.54) is 24.8 Å². The third kappa shape index (κ3) is 4.24. The lowest BCUT2D eigenvalue weighted by Crippen LogP contribution is -2.45. The van der Waals surface area contributed by atoms with Crippen LogP contribution in [0.2, 0.25) is 0 Å². The zero-order valence-corrected chi connectivity index (χ0v) is 18.4. The van der Waals surface area contributed by atoms with Gasteiger partial charge in [-0.3, -0.25) is 4.79 Å². The Balaban J connectivity index is 1.70. The molecule has 4 rings (SSSR count). The van der Waals surface area contributed by atoms with Gasteiger partial charge in [-0.05, 0) is 75.9 Å². The molecule has 0 N–H and O–H groups in total. The number of benzene rings is 2. The van der Waals surface area contributed by atoms with Crippen LogP contribution >= 0.6 is 0 Å². The number of methoxy groups -OCH3 is 1. The smallest absolute Gasteiger partial charge is 0.171 e. The Hall–Kier alpha value is -2.33. The summed E-state index contributed by atoms with van der Waals surface area (Å²) in [5.41, 5.74) is 2.68. The average molecular weight is 408 g/mol. The van der Waals surface area contributed by atoms with Crippen LogP contribution in [0.1, 0.15) is 54.6 Å². The van der Waals surface area contributed by atoms with Crippen LogP contribution in [-0.2, 0) is 12.8 Å². The van der Waals surface area contributed by atoms with E-state index < -0.39 is 5.41 Å². The van der Waals surface area contributed by atoms with Crippen LogP contribution < -0.4 is 9.47 Å². The maximum Gasteiger partial charge on any atom is 0.171 e. The second kappa shape index (κ2) is 8.81. The first-order valence-corrected chi connectivity index (χ1v) is 11.2. The molecule has 0 amide bonds. The molecule has 0 saturated carbocycles. The molecule has 1 unspecified atom stereocenters. The first-order valence-electron chi connectivity index (χ1n) is 11.2. The van der Waals surface area contributed by atoms with E-state index in [-0.39, 0.29) is 11.9 Å². The van der Waals surface area contributed by atoms with Gasteiger partial charge in [-0.25, -0.2) is 0 Å². The highest BCUT2D eigenvalue weighted by molar-refractivity contribution is 6.06. The molecular weight excluding hydrogens is 374 g/mol. The molecular formula is C26H33NO3. The lowest BCUT2D eigenvalue weighted by molar-refractivity contribution is 0.0702. The van der Waals surface area contributed by atoms with Gasteiger partial charge in [-0.2, -0.15) is 0 Å². The zero-order chi connectivity index (χ0) is 21.1. The Morgan fingerprint density at radius 3 is 2.43 bits per heavy atom. The third-order valence-electron chi connectivity index (χ3n) is 6.37. The number of carbonyl (C=O) groups excluding carboxylic acids is 1. The quantitative estimate of drug-likeness (QED) is 0.652. The molecule has 4 nitrogen and oxygen atoms in total. The minimum absolute atomic E-state index is 0.0523. The van der Waals surface area contributed by atoms with E-state index in [9.17, 15) is 4.79 Å². The van der Waals surface area contributed by atoms with Crippen molar-refractivity contribution in [2.75, 3.05) is 26.7 Å². The van der Waals surface area contributed by atoms with E-state index >= 15 is 0 Å². The molecule has 0 bridgehead atoms. The highest BCUT2D eigenvalue weighted by atomic mass is 16.5. The van der Waals surface area contributed by atoms with Gasteiger partial charge in [-0.15, -0.1) is 0 Å². The van der Waals surface area contributed by atoms with Gasteiger partial charge in [0, 0.05) is 12.1 Å². The fourth-order valence-corrected chi connectivity index (χ4v) is 5.05. The molecule has 30 heavy (non-hydrogen) atoms. The molecule has 0 spiro atoms. The summed E-state index contributed by atoms with van der Waals surface area (Å²) in [6.07, 6.45) is 5.32. The Kier molecular flexibility index (Phi) is 6.14. The number of Topliss-reactive ketones (excluding diaryl/α,β-unsaturated/α-hetero) is 1. The molecule has 2 aromatic rings. The van der Waals surface area contributed by atoms with E-state index in [0.29, 0.717) is 5.75 Å². The second-order valence-electron chi connectivity index (χ2n) is 9.11. The number of hydrogen-bond acceptors (Lipinski definition) is 4. The largest absolute Gasteiger partial charge is 0.493 e. The Morgan fingerprint density at radius 2 is 1.77 bits per heavy atom. The molecule has 1 aliphatic heterocycles. The van der Waals surface area contributed by atoms with Crippen LogP contribution in [0.25, 0.3) is 0 Å². The molecule has 0 aromatic heterocycles. The average Bonchev–Trinajstić information content (AvgIpc) is 2.99.